The van der Waals surface area contributed by atoms with Crippen LogP contribution in [0.2, 0.25) is 0 Å². The monoisotopic (exact) mass is 417 g/mol. The molecular formula is C25H27N3O3. The molecule has 0 amide bonds. The largest absolute Gasteiger partial charge is 0.508 e. The van der Waals surface area contributed by atoms with Gasteiger partial charge in [-0.25, -0.2) is 9.48 Å². The number of hydrogen-bond donors (Lipinski definition) is 1. The molecule has 0 unspecified atom stereocenters. The Labute approximate surface area is 181 Å². The van der Waals surface area contributed by atoms with Crippen molar-refractivity contribution in [2.45, 2.75) is 40.3 Å². The summed E-state index contributed by atoms with van der Waals surface area (Å²) in [6.07, 6.45) is 0.702. The van der Waals surface area contributed by atoms with Crippen molar-refractivity contribution < 1.29 is 9.52 Å². The fourth-order valence-electron chi connectivity index (χ4n) is 4.06. The second kappa shape index (κ2) is 8.40. The molecule has 0 saturated carbocycles. The highest BCUT2D eigenvalue weighted by atomic mass is 16.4. The number of hydrogen-bond acceptors (Lipinski definition) is 5. The Morgan fingerprint density at radius 1 is 1.06 bits per heavy atom. The van der Waals surface area contributed by atoms with E-state index in [-0.39, 0.29) is 5.75 Å². The number of aromatic nitrogens is 2. The zero-order chi connectivity index (χ0) is 22.1. The Hall–Kier alpha value is -3.38. The molecule has 0 fully saturated rings. The minimum absolute atomic E-state index is 0.156. The summed E-state index contributed by atoms with van der Waals surface area (Å²) < 4.78 is 7.30. The smallest absolute Gasteiger partial charge is 0.336 e. The van der Waals surface area contributed by atoms with Gasteiger partial charge in [-0.1, -0.05) is 25.1 Å². The zero-order valence-electron chi connectivity index (χ0n) is 18.3. The summed E-state index contributed by atoms with van der Waals surface area (Å²) in [7, 11) is 2.03. The molecular weight excluding hydrogens is 390 g/mol. The van der Waals surface area contributed by atoms with Crippen LogP contribution in [0.25, 0.3) is 16.7 Å². The molecule has 6 heteroatoms. The molecule has 6 nitrogen and oxygen atoms in total. The lowest BCUT2D eigenvalue weighted by atomic mass is 10.0. The van der Waals surface area contributed by atoms with E-state index in [1.807, 2.05) is 62.0 Å². The maximum absolute atomic E-state index is 12.1. The first-order valence-electron chi connectivity index (χ1n) is 10.4. The normalized spacial score (nSPS) is 11.5. The summed E-state index contributed by atoms with van der Waals surface area (Å²) >= 11 is 0. The SMILES string of the molecule is CCc1cc2c(CN(C)Cc3c(C)nn(-c4ccccc4)c3C)cc(=O)oc2cc1O. The Kier molecular flexibility index (Phi) is 5.65. The van der Waals surface area contributed by atoms with Gasteiger partial charge in [-0.15, -0.1) is 0 Å². The lowest BCUT2D eigenvalue weighted by molar-refractivity contribution is 0.318. The molecule has 0 bridgehead atoms. The van der Waals surface area contributed by atoms with Crippen LogP contribution in [0, 0.1) is 13.8 Å². The maximum atomic E-state index is 12.1. The van der Waals surface area contributed by atoms with Crippen molar-refractivity contribution in [1.29, 1.82) is 0 Å². The standard InChI is InChI=1S/C25H27N3O3/c1-5-18-11-21-19(12-25(30)31-24(21)13-23(18)29)14-27(4)15-22-16(2)26-28(17(22)3)20-9-7-6-8-10-20/h6-13,29H,5,14-15H2,1-4H3. The van der Waals surface area contributed by atoms with Gasteiger partial charge in [-0.05, 0) is 56.6 Å². The molecule has 2 aromatic carbocycles. The van der Waals surface area contributed by atoms with Crippen molar-refractivity contribution in [3.63, 3.8) is 0 Å². The molecule has 31 heavy (non-hydrogen) atoms. The highest BCUT2D eigenvalue weighted by molar-refractivity contribution is 5.82. The highest BCUT2D eigenvalue weighted by Crippen LogP contribution is 2.28. The average molecular weight is 418 g/mol. The van der Waals surface area contributed by atoms with Crippen molar-refractivity contribution in [2.75, 3.05) is 7.05 Å². The number of rotatable bonds is 6. The molecule has 160 valence electrons. The molecule has 2 aromatic heterocycles. The lowest BCUT2D eigenvalue weighted by Gasteiger charge is -2.18. The van der Waals surface area contributed by atoms with Gasteiger partial charge in [0, 0.05) is 41.9 Å². The molecule has 0 atom stereocenters. The zero-order valence-corrected chi connectivity index (χ0v) is 18.3. The molecule has 2 heterocycles. The number of fused-ring (bicyclic) bond motifs is 1. The van der Waals surface area contributed by atoms with Crippen LogP contribution in [-0.4, -0.2) is 26.8 Å². The van der Waals surface area contributed by atoms with E-state index in [1.54, 1.807) is 6.07 Å². The van der Waals surface area contributed by atoms with Crippen LogP contribution >= 0.6 is 0 Å². The summed E-state index contributed by atoms with van der Waals surface area (Å²) in [6, 6.07) is 15.1. The van der Waals surface area contributed by atoms with Crippen LogP contribution in [0.15, 0.2) is 57.7 Å². The van der Waals surface area contributed by atoms with E-state index < -0.39 is 5.63 Å². The lowest BCUT2D eigenvalue weighted by Crippen LogP contribution is -2.19. The number of phenolic OH excluding ortho intramolecular Hbond substituents is 1. The van der Waals surface area contributed by atoms with Gasteiger partial charge in [-0.2, -0.15) is 5.10 Å². The highest BCUT2D eigenvalue weighted by Gasteiger charge is 2.16. The van der Waals surface area contributed by atoms with Gasteiger partial charge < -0.3 is 9.52 Å². The molecule has 4 aromatic rings. The Balaban J connectivity index is 1.64. The van der Waals surface area contributed by atoms with Crippen molar-refractivity contribution in [3.05, 3.63) is 87.0 Å². The number of para-hydroxylation sites is 1. The second-order valence-corrected chi connectivity index (χ2v) is 7.99. The third-order valence-corrected chi connectivity index (χ3v) is 5.72. The van der Waals surface area contributed by atoms with Gasteiger partial charge in [0.05, 0.1) is 11.4 Å². The fourth-order valence-corrected chi connectivity index (χ4v) is 4.06. The second-order valence-electron chi connectivity index (χ2n) is 7.99. The van der Waals surface area contributed by atoms with Crippen molar-refractivity contribution in [1.82, 2.24) is 14.7 Å². The minimum atomic E-state index is -0.413. The first-order valence-corrected chi connectivity index (χ1v) is 10.4. The van der Waals surface area contributed by atoms with Gasteiger partial charge in [0.15, 0.2) is 0 Å². The van der Waals surface area contributed by atoms with E-state index in [0.717, 1.165) is 33.6 Å². The first-order chi connectivity index (χ1) is 14.9. The van der Waals surface area contributed by atoms with E-state index in [9.17, 15) is 9.90 Å². The Morgan fingerprint density at radius 2 is 1.81 bits per heavy atom. The molecule has 0 aliphatic carbocycles. The summed E-state index contributed by atoms with van der Waals surface area (Å²) in [5, 5.41) is 15.7. The van der Waals surface area contributed by atoms with Crippen LogP contribution in [0.4, 0.5) is 0 Å². The fraction of sp³-hybridized carbons (Fsp3) is 0.280. The molecule has 0 saturated heterocycles. The van der Waals surface area contributed by atoms with Gasteiger partial charge >= 0.3 is 5.63 Å². The molecule has 4 rings (SSSR count). The van der Waals surface area contributed by atoms with Crippen LogP contribution in [0.5, 0.6) is 5.75 Å². The third kappa shape index (κ3) is 4.11. The molecule has 0 spiro atoms. The summed E-state index contributed by atoms with van der Waals surface area (Å²) in [5.74, 6) is 0.156. The third-order valence-electron chi connectivity index (χ3n) is 5.72. The number of benzene rings is 2. The van der Waals surface area contributed by atoms with Gasteiger partial charge in [-0.3, -0.25) is 4.90 Å². The molecule has 1 N–H and O–H groups in total. The quantitative estimate of drug-likeness (QED) is 0.468. The predicted molar refractivity (Wildman–Crippen MR) is 122 cm³/mol. The predicted octanol–water partition coefficient (Wildman–Crippen LogP) is 4.50. The summed E-state index contributed by atoms with van der Waals surface area (Å²) in [5.41, 5.74) is 6.02. The molecule has 0 aliphatic heterocycles. The Morgan fingerprint density at radius 3 is 2.52 bits per heavy atom. The number of aromatic hydroxyl groups is 1. The van der Waals surface area contributed by atoms with Crippen LogP contribution in [0.1, 0.15) is 35.0 Å². The van der Waals surface area contributed by atoms with Crippen LogP contribution < -0.4 is 5.63 Å². The summed E-state index contributed by atoms with van der Waals surface area (Å²) in [6.45, 7) is 7.37. The van der Waals surface area contributed by atoms with Gasteiger partial charge in [0.25, 0.3) is 0 Å². The van der Waals surface area contributed by atoms with Crippen molar-refractivity contribution in [3.8, 4) is 11.4 Å². The van der Waals surface area contributed by atoms with Crippen LogP contribution in [0.3, 0.4) is 0 Å². The summed E-state index contributed by atoms with van der Waals surface area (Å²) in [4.78, 5) is 14.3. The minimum Gasteiger partial charge on any atom is -0.508 e. The average Bonchev–Trinajstić information content (AvgIpc) is 3.02. The maximum Gasteiger partial charge on any atom is 0.336 e. The topological polar surface area (TPSA) is 71.5 Å². The van der Waals surface area contributed by atoms with E-state index in [0.29, 0.717) is 25.1 Å². The number of nitrogens with zero attached hydrogens (tertiary/aromatic N) is 3. The number of aryl methyl sites for hydroxylation is 2. The molecule has 0 radical (unpaired) electrons. The van der Waals surface area contributed by atoms with E-state index in [4.69, 9.17) is 9.52 Å². The molecule has 0 aliphatic rings. The van der Waals surface area contributed by atoms with Crippen molar-refractivity contribution in [2.24, 2.45) is 0 Å². The van der Waals surface area contributed by atoms with E-state index in [2.05, 4.69) is 11.8 Å². The Bertz CT molecular complexity index is 1290. The van der Waals surface area contributed by atoms with Crippen molar-refractivity contribution >= 4 is 11.0 Å². The van der Waals surface area contributed by atoms with Gasteiger partial charge in [0.1, 0.15) is 11.3 Å². The van der Waals surface area contributed by atoms with Gasteiger partial charge in [0.2, 0.25) is 0 Å². The van der Waals surface area contributed by atoms with Crippen LogP contribution in [-0.2, 0) is 19.5 Å². The number of phenols is 1. The van der Waals surface area contributed by atoms with E-state index in [1.165, 1.54) is 11.6 Å². The van der Waals surface area contributed by atoms with E-state index >= 15 is 0 Å². The first kappa shape index (κ1) is 20.9.